The topological polar surface area (TPSA) is 38.7 Å². The number of hydrogen-bond donors (Lipinski definition) is 1. The maximum atomic E-state index is 12.4. The highest BCUT2D eigenvalue weighted by Gasteiger charge is 2.16. The smallest absolute Gasteiger partial charge is 0.387 e. The van der Waals surface area contributed by atoms with Crippen LogP contribution in [0.4, 0.5) is 8.78 Å². The van der Waals surface area contributed by atoms with E-state index in [0.29, 0.717) is 11.1 Å². The average molecular weight is 280 g/mol. The minimum atomic E-state index is -2.95. The highest BCUT2D eigenvalue weighted by molar-refractivity contribution is 5.45. The maximum Gasteiger partial charge on any atom is 0.387 e. The minimum Gasteiger partial charge on any atom is -0.493 e. The number of ether oxygens (including phenoxy) is 2. The molecule has 0 aliphatic carbocycles. The SMILES string of the molecule is COc1ccc(C(O)c2ccccc2)cc1OC(F)F. The van der Waals surface area contributed by atoms with Crippen molar-refractivity contribution in [2.75, 3.05) is 7.11 Å². The fourth-order valence-electron chi connectivity index (χ4n) is 1.88. The molecule has 1 N–H and O–H groups in total. The van der Waals surface area contributed by atoms with Gasteiger partial charge in [0.15, 0.2) is 11.5 Å². The quantitative estimate of drug-likeness (QED) is 0.912. The lowest BCUT2D eigenvalue weighted by Crippen LogP contribution is -2.05. The van der Waals surface area contributed by atoms with Gasteiger partial charge in [0.05, 0.1) is 7.11 Å². The van der Waals surface area contributed by atoms with Gasteiger partial charge in [-0.1, -0.05) is 36.4 Å². The molecule has 0 amide bonds. The van der Waals surface area contributed by atoms with Crippen molar-refractivity contribution >= 4 is 0 Å². The van der Waals surface area contributed by atoms with Crippen LogP contribution in [0.3, 0.4) is 0 Å². The Morgan fingerprint density at radius 3 is 2.25 bits per heavy atom. The number of rotatable bonds is 5. The Kier molecular flexibility index (Phi) is 4.53. The van der Waals surface area contributed by atoms with E-state index >= 15 is 0 Å². The van der Waals surface area contributed by atoms with Gasteiger partial charge < -0.3 is 14.6 Å². The van der Waals surface area contributed by atoms with E-state index in [1.54, 1.807) is 30.3 Å². The first kappa shape index (κ1) is 14.3. The van der Waals surface area contributed by atoms with Crippen molar-refractivity contribution in [2.45, 2.75) is 12.7 Å². The molecule has 1 unspecified atom stereocenters. The molecule has 0 aliphatic heterocycles. The van der Waals surface area contributed by atoms with Crippen molar-refractivity contribution in [3.63, 3.8) is 0 Å². The molecule has 2 aromatic carbocycles. The molecule has 20 heavy (non-hydrogen) atoms. The summed E-state index contributed by atoms with van der Waals surface area (Å²) in [4.78, 5) is 0. The lowest BCUT2D eigenvalue weighted by Gasteiger charge is -2.15. The van der Waals surface area contributed by atoms with E-state index in [-0.39, 0.29) is 11.5 Å². The van der Waals surface area contributed by atoms with E-state index in [0.717, 1.165) is 0 Å². The van der Waals surface area contributed by atoms with Gasteiger partial charge >= 0.3 is 6.61 Å². The van der Waals surface area contributed by atoms with Gasteiger partial charge in [-0.25, -0.2) is 0 Å². The van der Waals surface area contributed by atoms with Crippen LogP contribution in [-0.4, -0.2) is 18.8 Å². The molecule has 3 nitrogen and oxygen atoms in total. The highest BCUT2D eigenvalue weighted by Crippen LogP contribution is 2.33. The molecule has 0 radical (unpaired) electrons. The summed E-state index contributed by atoms with van der Waals surface area (Å²) in [6.07, 6.45) is -0.915. The summed E-state index contributed by atoms with van der Waals surface area (Å²) in [5, 5.41) is 10.2. The van der Waals surface area contributed by atoms with Crippen molar-refractivity contribution in [3.8, 4) is 11.5 Å². The maximum absolute atomic E-state index is 12.4. The van der Waals surface area contributed by atoms with Gasteiger partial charge in [-0.3, -0.25) is 0 Å². The first-order chi connectivity index (χ1) is 9.61. The number of methoxy groups -OCH3 is 1. The number of alkyl halides is 2. The van der Waals surface area contributed by atoms with Crippen LogP contribution in [0.2, 0.25) is 0 Å². The van der Waals surface area contributed by atoms with Crippen molar-refractivity contribution in [3.05, 3.63) is 59.7 Å². The predicted molar refractivity (Wildman–Crippen MR) is 70.1 cm³/mol. The second-order valence-corrected chi connectivity index (χ2v) is 4.10. The van der Waals surface area contributed by atoms with Crippen LogP contribution < -0.4 is 9.47 Å². The van der Waals surface area contributed by atoms with Gasteiger partial charge in [-0.05, 0) is 23.3 Å². The minimum absolute atomic E-state index is 0.102. The molecule has 2 aromatic rings. The van der Waals surface area contributed by atoms with Gasteiger partial charge in [0.1, 0.15) is 6.10 Å². The Morgan fingerprint density at radius 1 is 0.950 bits per heavy atom. The lowest BCUT2D eigenvalue weighted by molar-refractivity contribution is -0.0513. The molecule has 0 aliphatic rings. The van der Waals surface area contributed by atoms with Crippen LogP contribution in [0, 0.1) is 0 Å². The normalized spacial score (nSPS) is 12.2. The molecule has 5 heteroatoms. The molecular weight excluding hydrogens is 266 g/mol. The largest absolute Gasteiger partial charge is 0.493 e. The molecule has 0 saturated carbocycles. The van der Waals surface area contributed by atoms with Crippen LogP contribution in [0.15, 0.2) is 48.5 Å². The van der Waals surface area contributed by atoms with Crippen LogP contribution in [-0.2, 0) is 0 Å². The molecule has 0 saturated heterocycles. The second kappa shape index (κ2) is 6.34. The molecule has 0 heterocycles. The molecule has 1 atom stereocenters. The summed E-state index contributed by atoms with van der Waals surface area (Å²) in [6, 6.07) is 13.4. The number of halogens is 2. The van der Waals surface area contributed by atoms with Crippen molar-refractivity contribution in [1.29, 1.82) is 0 Å². The van der Waals surface area contributed by atoms with Gasteiger partial charge in [0.25, 0.3) is 0 Å². The third-order valence-electron chi connectivity index (χ3n) is 2.83. The zero-order valence-electron chi connectivity index (χ0n) is 10.8. The van der Waals surface area contributed by atoms with Crippen molar-refractivity contribution in [2.24, 2.45) is 0 Å². The zero-order valence-corrected chi connectivity index (χ0v) is 10.8. The van der Waals surface area contributed by atoms with E-state index in [9.17, 15) is 13.9 Å². The van der Waals surface area contributed by atoms with Crippen molar-refractivity contribution < 1.29 is 23.4 Å². The van der Waals surface area contributed by atoms with Gasteiger partial charge in [-0.2, -0.15) is 8.78 Å². The number of aliphatic hydroxyl groups excluding tert-OH is 1. The highest BCUT2D eigenvalue weighted by atomic mass is 19.3. The monoisotopic (exact) mass is 280 g/mol. The number of hydrogen-bond acceptors (Lipinski definition) is 3. The van der Waals surface area contributed by atoms with E-state index < -0.39 is 12.7 Å². The number of benzene rings is 2. The Balaban J connectivity index is 2.33. The first-order valence-corrected chi connectivity index (χ1v) is 5.97. The second-order valence-electron chi connectivity index (χ2n) is 4.10. The summed E-state index contributed by atoms with van der Waals surface area (Å²) < 4.78 is 34.0. The van der Waals surface area contributed by atoms with Crippen molar-refractivity contribution in [1.82, 2.24) is 0 Å². The van der Waals surface area contributed by atoms with Crippen LogP contribution in [0.25, 0.3) is 0 Å². The number of aliphatic hydroxyl groups is 1. The summed E-state index contributed by atoms with van der Waals surface area (Å²) in [6.45, 7) is -2.95. The van der Waals surface area contributed by atoms with E-state index in [1.807, 2.05) is 6.07 Å². The predicted octanol–water partition coefficient (Wildman–Crippen LogP) is 3.38. The average Bonchev–Trinajstić information content (AvgIpc) is 2.46. The lowest BCUT2D eigenvalue weighted by atomic mass is 10.0. The Bertz CT molecular complexity index is 558. The summed E-state index contributed by atoms with van der Waals surface area (Å²) in [5.74, 6) is 0.0873. The van der Waals surface area contributed by atoms with E-state index in [2.05, 4.69) is 4.74 Å². The third kappa shape index (κ3) is 3.24. The molecule has 0 spiro atoms. The Labute approximate surface area is 115 Å². The third-order valence-corrected chi connectivity index (χ3v) is 2.83. The van der Waals surface area contributed by atoms with Crippen LogP contribution in [0.1, 0.15) is 17.2 Å². The summed E-state index contributed by atoms with van der Waals surface area (Å²) >= 11 is 0. The first-order valence-electron chi connectivity index (χ1n) is 5.97. The van der Waals surface area contributed by atoms with E-state index in [1.165, 1.54) is 19.2 Å². The Morgan fingerprint density at radius 2 is 1.65 bits per heavy atom. The van der Waals surface area contributed by atoms with Crippen LogP contribution in [0.5, 0.6) is 11.5 Å². The standard InChI is InChI=1S/C15H14F2O3/c1-19-12-8-7-11(9-13(12)20-15(16)17)14(18)10-5-3-2-4-6-10/h2-9,14-15,18H,1H3. The van der Waals surface area contributed by atoms with Gasteiger partial charge in [0.2, 0.25) is 0 Å². The molecule has 0 fully saturated rings. The summed E-state index contributed by atoms with van der Waals surface area (Å²) in [7, 11) is 1.36. The van der Waals surface area contributed by atoms with Gasteiger partial charge in [0, 0.05) is 0 Å². The molecule has 106 valence electrons. The molecule has 0 bridgehead atoms. The Hall–Kier alpha value is -2.14. The molecular formula is C15H14F2O3. The molecule has 2 rings (SSSR count). The fraction of sp³-hybridized carbons (Fsp3) is 0.200. The van der Waals surface area contributed by atoms with Gasteiger partial charge in [-0.15, -0.1) is 0 Å². The van der Waals surface area contributed by atoms with E-state index in [4.69, 9.17) is 4.74 Å². The fourth-order valence-corrected chi connectivity index (χ4v) is 1.88. The van der Waals surface area contributed by atoms with Crippen LogP contribution >= 0.6 is 0 Å². The zero-order chi connectivity index (χ0) is 14.5. The summed E-state index contributed by atoms with van der Waals surface area (Å²) in [5.41, 5.74) is 1.12. The molecule has 0 aromatic heterocycles.